The second-order valence-electron chi connectivity index (χ2n) is 10.2. The van der Waals surface area contributed by atoms with Crippen LogP contribution in [0.15, 0.2) is 36.4 Å². The molecule has 0 amide bonds. The molecule has 2 aromatic carbocycles. The summed E-state index contributed by atoms with van der Waals surface area (Å²) in [6.45, 7) is 3.41. The number of aromatic hydroxyl groups is 1. The molecule has 0 aromatic heterocycles. The number of hydrogen-bond donors (Lipinski definition) is 1. The quantitative estimate of drug-likeness (QED) is 0.768. The Hall–Kier alpha value is -2.24. The van der Waals surface area contributed by atoms with Crippen molar-refractivity contribution in [3.8, 4) is 11.5 Å². The van der Waals surface area contributed by atoms with Crippen molar-refractivity contribution in [1.82, 2.24) is 4.90 Å². The van der Waals surface area contributed by atoms with Gasteiger partial charge >= 0.3 is 0 Å². The molecule has 7 rings (SSSR count). The van der Waals surface area contributed by atoms with Crippen molar-refractivity contribution < 1.29 is 14.6 Å². The zero-order valence-corrected chi connectivity index (χ0v) is 18.1. The van der Waals surface area contributed by atoms with Crippen molar-refractivity contribution in [3.05, 3.63) is 53.1 Å². The van der Waals surface area contributed by atoms with Gasteiger partial charge in [-0.3, -0.25) is 0 Å². The second-order valence-corrected chi connectivity index (χ2v) is 10.2. The maximum absolute atomic E-state index is 10.8. The molecule has 31 heavy (non-hydrogen) atoms. The van der Waals surface area contributed by atoms with E-state index >= 15 is 0 Å². The molecule has 5 atom stereocenters. The van der Waals surface area contributed by atoms with Gasteiger partial charge in [-0.15, -0.1) is 0 Å². The fraction of sp³-hybridized carbons (Fsp3) is 0.538. The molecule has 5 nitrogen and oxygen atoms in total. The third-order valence-corrected chi connectivity index (χ3v) is 9.00. The lowest BCUT2D eigenvalue weighted by molar-refractivity contribution is -0.0526. The Balaban J connectivity index is 1.39. The molecule has 0 radical (unpaired) electrons. The van der Waals surface area contributed by atoms with Crippen LogP contribution in [-0.4, -0.2) is 54.9 Å². The van der Waals surface area contributed by atoms with E-state index in [1.165, 1.54) is 28.8 Å². The van der Waals surface area contributed by atoms with Crippen LogP contribution in [0.4, 0.5) is 5.69 Å². The summed E-state index contributed by atoms with van der Waals surface area (Å²) in [6.07, 6.45) is 4.61. The van der Waals surface area contributed by atoms with E-state index < -0.39 is 0 Å². The van der Waals surface area contributed by atoms with E-state index in [1.54, 1.807) is 0 Å². The van der Waals surface area contributed by atoms with E-state index in [4.69, 9.17) is 9.47 Å². The third kappa shape index (κ3) is 2.29. The highest BCUT2D eigenvalue weighted by Gasteiger charge is 2.66. The first kappa shape index (κ1) is 18.3. The summed E-state index contributed by atoms with van der Waals surface area (Å²) in [5.41, 5.74) is 5.32. The van der Waals surface area contributed by atoms with Crippen LogP contribution in [0.1, 0.15) is 36.0 Å². The van der Waals surface area contributed by atoms with Gasteiger partial charge in [0.1, 0.15) is 6.10 Å². The molecule has 162 valence electrons. The third-order valence-electron chi connectivity index (χ3n) is 9.00. The lowest BCUT2D eigenvalue weighted by atomic mass is 9.51. The number of phenols is 1. The number of ether oxygens (including phenoxy) is 2. The first-order valence-electron chi connectivity index (χ1n) is 11.8. The Morgan fingerprint density at radius 3 is 2.87 bits per heavy atom. The van der Waals surface area contributed by atoms with Crippen molar-refractivity contribution in [2.45, 2.75) is 55.9 Å². The normalized spacial score (nSPS) is 35.7. The molecule has 2 fully saturated rings. The minimum atomic E-state index is 0.0177. The molecule has 3 aliphatic heterocycles. The van der Waals surface area contributed by atoms with Gasteiger partial charge in [0.25, 0.3) is 0 Å². The smallest absolute Gasteiger partial charge is 0.165 e. The van der Waals surface area contributed by atoms with Crippen LogP contribution in [0.5, 0.6) is 11.5 Å². The summed E-state index contributed by atoms with van der Waals surface area (Å²) in [4.78, 5) is 5.15. The zero-order valence-electron chi connectivity index (χ0n) is 18.1. The topological polar surface area (TPSA) is 45.2 Å². The van der Waals surface area contributed by atoms with Gasteiger partial charge in [0, 0.05) is 34.8 Å². The number of fused-ring (bicyclic) bond motifs is 1. The Morgan fingerprint density at radius 2 is 1.94 bits per heavy atom. The molecule has 1 spiro atoms. The molecule has 2 aliphatic carbocycles. The van der Waals surface area contributed by atoms with E-state index in [-0.39, 0.29) is 11.5 Å². The van der Waals surface area contributed by atoms with Gasteiger partial charge in [-0.25, -0.2) is 0 Å². The van der Waals surface area contributed by atoms with Gasteiger partial charge in [0.2, 0.25) is 0 Å². The highest BCUT2D eigenvalue weighted by atomic mass is 16.5. The minimum absolute atomic E-state index is 0.0177. The molecule has 2 bridgehead atoms. The van der Waals surface area contributed by atoms with E-state index in [0.29, 0.717) is 30.4 Å². The summed E-state index contributed by atoms with van der Waals surface area (Å²) in [5, 5.41) is 10.8. The van der Waals surface area contributed by atoms with Gasteiger partial charge in [-0.05, 0) is 62.9 Å². The second kappa shape index (κ2) is 6.39. The molecule has 2 aromatic rings. The van der Waals surface area contributed by atoms with Gasteiger partial charge in [0.05, 0.1) is 19.3 Å². The van der Waals surface area contributed by atoms with E-state index in [2.05, 4.69) is 47.2 Å². The van der Waals surface area contributed by atoms with Crippen LogP contribution in [0.25, 0.3) is 0 Å². The lowest BCUT2D eigenvalue weighted by Crippen LogP contribution is -2.68. The maximum atomic E-state index is 10.8. The number of rotatable bonds is 1. The number of benzene rings is 2. The number of likely N-dealkylation sites (N-methyl/N-ethyl adjacent to an activating group) is 1. The first-order chi connectivity index (χ1) is 15.2. The highest BCUT2D eigenvalue weighted by molar-refractivity contribution is 5.62. The molecule has 0 unspecified atom stereocenters. The lowest BCUT2D eigenvalue weighted by Gasteiger charge is -2.60. The van der Waals surface area contributed by atoms with Crippen LogP contribution in [0, 0.1) is 5.92 Å². The predicted molar refractivity (Wildman–Crippen MR) is 119 cm³/mol. The molecule has 5 aliphatic rings. The number of likely N-dealkylation sites (tertiary alicyclic amines) is 1. The summed E-state index contributed by atoms with van der Waals surface area (Å²) < 4.78 is 12.8. The van der Waals surface area contributed by atoms with E-state index in [9.17, 15) is 5.11 Å². The molecular formula is C26H30N2O3. The summed E-state index contributed by atoms with van der Waals surface area (Å²) in [5.74, 6) is 1.69. The van der Waals surface area contributed by atoms with Gasteiger partial charge in [-0.1, -0.05) is 24.3 Å². The highest BCUT2D eigenvalue weighted by Crippen LogP contribution is 2.64. The number of piperidine rings is 1. The van der Waals surface area contributed by atoms with Crippen molar-refractivity contribution in [2.75, 3.05) is 31.6 Å². The van der Waals surface area contributed by atoms with Crippen molar-refractivity contribution in [2.24, 2.45) is 5.92 Å². The zero-order chi connectivity index (χ0) is 20.7. The Morgan fingerprint density at radius 1 is 1.03 bits per heavy atom. The summed E-state index contributed by atoms with van der Waals surface area (Å²) in [7, 11) is 2.29. The number of hydrogen-bond acceptors (Lipinski definition) is 5. The fourth-order valence-corrected chi connectivity index (χ4v) is 7.75. The number of anilines is 1. The Kier molecular flexibility index (Phi) is 3.78. The van der Waals surface area contributed by atoms with Crippen LogP contribution in [0.2, 0.25) is 0 Å². The molecule has 1 saturated carbocycles. The standard InChI is InChI=1S/C26H30N2O3/c1-27-11-10-26-18-7-8-20(28-12-13-30-15-17-4-2-3-5-19(17)28)25(26)31-24-22(29)9-6-16(23(24)26)14-21(18)27/h2-6,9,18,20-21,25,29H,7-8,10-15H2,1H3/t18-,20+,21+,25-,26-/m0/s1. The van der Waals surface area contributed by atoms with Gasteiger partial charge in [-0.2, -0.15) is 0 Å². The number of nitrogens with zero attached hydrogens (tertiary/aromatic N) is 2. The fourth-order valence-electron chi connectivity index (χ4n) is 7.75. The van der Waals surface area contributed by atoms with Crippen LogP contribution < -0.4 is 9.64 Å². The first-order valence-corrected chi connectivity index (χ1v) is 11.8. The summed E-state index contributed by atoms with van der Waals surface area (Å²) in [6, 6.07) is 13.6. The molecular weight excluding hydrogens is 388 g/mol. The van der Waals surface area contributed by atoms with Crippen molar-refractivity contribution in [1.29, 1.82) is 0 Å². The largest absolute Gasteiger partial charge is 0.504 e. The monoisotopic (exact) mass is 418 g/mol. The Bertz CT molecular complexity index is 1050. The Labute approximate surface area is 183 Å². The van der Waals surface area contributed by atoms with Gasteiger partial charge < -0.3 is 24.4 Å². The molecule has 5 heteroatoms. The van der Waals surface area contributed by atoms with Gasteiger partial charge in [0.15, 0.2) is 11.5 Å². The summed E-state index contributed by atoms with van der Waals surface area (Å²) >= 11 is 0. The number of phenolic OH excluding ortho intramolecular Hbond substituents is 1. The molecule has 3 heterocycles. The van der Waals surface area contributed by atoms with Crippen LogP contribution in [0.3, 0.4) is 0 Å². The van der Waals surface area contributed by atoms with E-state index in [0.717, 1.165) is 44.7 Å². The van der Waals surface area contributed by atoms with Crippen LogP contribution in [-0.2, 0) is 23.2 Å². The van der Waals surface area contributed by atoms with E-state index in [1.807, 2.05) is 6.07 Å². The molecule has 1 saturated heterocycles. The van der Waals surface area contributed by atoms with Crippen molar-refractivity contribution in [3.63, 3.8) is 0 Å². The SMILES string of the molecule is CN1CC[C@]23c4c5ccc(O)c4O[C@H]2[C@H](N2CCOCc4ccccc42)CC[C@H]3[C@H]1C5. The van der Waals surface area contributed by atoms with Crippen LogP contribution >= 0.6 is 0 Å². The minimum Gasteiger partial charge on any atom is -0.504 e. The number of para-hydroxylation sites is 1. The van der Waals surface area contributed by atoms with Crippen molar-refractivity contribution >= 4 is 5.69 Å². The average Bonchev–Trinajstić information content (AvgIpc) is 2.99. The predicted octanol–water partition coefficient (Wildman–Crippen LogP) is 3.47. The molecule has 1 N–H and O–H groups in total. The maximum Gasteiger partial charge on any atom is 0.165 e. The average molecular weight is 419 g/mol.